The van der Waals surface area contributed by atoms with Crippen LogP contribution in [0.4, 0.5) is 0 Å². The van der Waals surface area contributed by atoms with Crippen LogP contribution in [-0.4, -0.2) is 5.91 Å². The van der Waals surface area contributed by atoms with E-state index >= 15 is 0 Å². The fourth-order valence-electron chi connectivity index (χ4n) is 2.25. The summed E-state index contributed by atoms with van der Waals surface area (Å²) in [5, 5.41) is 3.04. The monoisotopic (exact) mass is 331 g/mol. The molecule has 0 spiro atoms. The molecule has 0 aliphatic carbocycles. The van der Waals surface area contributed by atoms with Gasteiger partial charge in [0.1, 0.15) is 0 Å². The third-order valence-corrected chi connectivity index (χ3v) is 4.07. The number of halogens is 1. The number of hydrogen-bond donors (Lipinski definition) is 1. The standard InChI is InChI=1S/C17H18BrNO/c1-11-8-9-14(12(2)10-11)17(20)19-13(3)15-6-4-5-7-16(15)18/h4-10,13H,1-3H3,(H,19,20). The van der Waals surface area contributed by atoms with Gasteiger partial charge >= 0.3 is 0 Å². The Morgan fingerprint density at radius 3 is 2.50 bits per heavy atom. The first-order valence-electron chi connectivity index (χ1n) is 6.61. The van der Waals surface area contributed by atoms with Crippen molar-refractivity contribution in [2.45, 2.75) is 26.8 Å². The molecule has 0 saturated carbocycles. The minimum atomic E-state index is -0.0428. The molecule has 3 heteroatoms. The van der Waals surface area contributed by atoms with Crippen molar-refractivity contribution in [2.24, 2.45) is 0 Å². The molecule has 0 saturated heterocycles. The van der Waals surface area contributed by atoms with E-state index in [0.717, 1.165) is 26.7 Å². The van der Waals surface area contributed by atoms with Gasteiger partial charge in [-0.15, -0.1) is 0 Å². The third kappa shape index (κ3) is 3.28. The summed E-state index contributed by atoms with van der Waals surface area (Å²) in [7, 11) is 0. The lowest BCUT2D eigenvalue weighted by Crippen LogP contribution is -2.27. The van der Waals surface area contributed by atoms with Crippen molar-refractivity contribution in [2.75, 3.05) is 0 Å². The molecule has 0 aromatic heterocycles. The smallest absolute Gasteiger partial charge is 0.252 e. The van der Waals surface area contributed by atoms with Gasteiger partial charge in [-0.05, 0) is 44.0 Å². The lowest BCUT2D eigenvalue weighted by atomic mass is 10.0. The van der Waals surface area contributed by atoms with Crippen molar-refractivity contribution in [3.05, 3.63) is 69.2 Å². The molecule has 104 valence electrons. The number of carbonyl (C=O) groups excluding carboxylic acids is 1. The summed E-state index contributed by atoms with van der Waals surface area (Å²) in [5.74, 6) is -0.0363. The fraction of sp³-hybridized carbons (Fsp3) is 0.235. The first-order chi connectivity index (χ1) is 9.49. The Balaban J connectivity index is 2.17. The van der Waals surface area contributed by atoms with Crippen molar-refractivity contribution in [3.8, 4) is 0 Å². The van der Waals surface area contributed by atoms with Gasteiger partial charge in [0.2, 0.25) is 0 Å². The quantitative estimate of drug-likeness (QED) is 0.877. The lowest BCUT2D eigenvalue weighted by Gasteiger charge is -2.17. The summed E-state index contributed by atoms with van der Waals surface area (Å²) >= 11 is 3.52. The van der Waals surface area contributed by atoms with Crippen LogP contribution in [0.2, 0.25) is 0 Å². The molecule has 0 aliphatic heterocycles. The van der Waals surface area contributed by atoms with Crippen molar-refractivity contribution >= 4 is 21.8 Å². The predicted octanol–water partition coefficient (Wildman–Crippen LogP) is 4.56. The van der Waals surface area contributed by atoms with Gasteiger partial charge in [-0.3, -0.25) is 4.79 Å². The van der Waals surface area contributed by atoms with Gasteiger partial charge in [-0.25, -0.2) is 0 Å². The van der Waals surface area contributed by atoms with Gasteiger partial charge in [-0.1, -0.05) is 51.8 Å². The largest absolute Gasteiger partial charge is 0.345 e. The van der Waals surface area contributed by atoms with E-state index in [0.29, 0.717) is 0 Å². The molecule has 0 aliphatic rings. The first kappa shape index (κ1) is 14.8. The average molecular weight is 332 g/mol. The van der Waals surface area contributed by atoms with Crippen LogP contribution in [0.1, 0.15) is 40.0 Å². The summed E-state index contributed by atoms with van der Waals surface area (Å²) in [6, 6.07) is 13.8. The second-order valence-corrected chi connectivity index (χ2v) is 5.89. The molecular formula is C17H18BrNO. The molecule has 0 heterocycles. The number of carbonyl (C=O) groups is 1. The summed E-state index contributed by atoms with van der Waals surface area (Å²) in [5.41, 5.74) is 3.97. The van der Waals surface area contributed by atoms with Crippen LogP contribution >= 0.6 is 15.9 Å². The zero-order valence-corrected chi connectivity index (χ0v) is 13.5. The van der Waals surface area contributed by atoms with E-state index in [1.165, 1.54) is 0 Å². The van der Waals surface area contributed by atoms with Gasteiger partial charge in [0.25, 0.3) is 5.91 Å². The summed E-state index contributed by atoms with van der Waals surface area (Å²) in [4.78, 5) is 12.3. The Morgan fingerprint density at radius 1 is 1.15 bits per heavy atom. The molecule has 0 bridgehead atoms. The van der Waals surface area contributed by atoms with Crippen molar-refractivity contribution < 1.29 is 4.79 Å². The molecule has 1 atom stereocenters. The molecule has 1 N–H and O–H groups in total. The fourth-order valence-corrected chi connectivity index (χ4v) is 2.87. The van der Waals surface area contributed by atoms with Crippen molar-refractivity contribution in [3.63, 3.8) is 0 Å². The zero-order valence-electron chi connectivity index (χ0n) is 11.9. The second-order valence-electron chi connectivity index (χ2n) is 5.04. The molecule has 2 aromatic carbocycles. The number of hydrogen-bond acceptors (Lipinski definition) is 1. The maximum atomic E-state index is 12.3. The zero-order chi connectivity index (χ0) is 14.7. The topological polar surface area (TPSA) is 29.1 Å². The van der Waals surface area contributed by atoms with Gasteiger partial charge in [0, 0.05) is 10.0 Å². The van der Waals surface area contributed by atoms with E-state index in [1.54, 1.807) is 0 Å². The Morgan fingerprint density at radius 2 is 1.85 bits per heavy atom. The SMILES string of the molecule is Cc1ccc(C(=O)NC(C)c2ccccc2Br)c(C)c1. The van der Waals surface area contributed by atoms with E-state index < -0.39 is 0 Å². The Hall–Kier alpha value is -1.61. The van der Waals surface area contributed by atoms with Gasteiger partial charge in [-0.2, -0.15) is 0 Å². The molecule has 0 radical (unpaired) electrons. The van der Waals surface area contributed by atoms with Crippen molar-refractivity contribution in [1.82, 2.24) is 5.32 Å². The predicted molar refractivity (Wildman–Crippen MR) is 85.9 cm³/mol. The van der Waals surface area contributed by atoms with Crippen LogP contribution in [-0.2, 0) is 0 Å². The summed E-state index contributed by atoms with van der Waals surface area (Å²) in [6.07, 6.45) is 0. The number of benzene rings is 2. The van der Waals surface area contributed by atoms with Crippen LogP contribution in [0.5, 0.6) is 0 Å². The molecule has 0 fully saturated rings. The minimum Gasteiger partial charge on any atom is -0.345 e. The van der Waals surface area contributed by atoms with Gasteiger partial charge in [0.15, 0.2) is 0 Å². The normalized spacial score (nSPS) is 12.0. The van der Waals surface area contributed by atoms with Crippen LogP contribution in [0.25, 0.3) is 0 Å². The van der Waals surface area contributed by atoms with E-state index in [1.807, 2.05) is 63.2 Å². The Kier molecular flexibility index (Phi) is 4.61. The molecule has 1 unspecified atom stereocenters. The number of amides is 1. The number of rotatable bonds is 3. The summed E-state index contributed by atoms with van der Waals surface area (Å²) in [6.45, 7) is 5.98. The van der Waals surface area contributed by atoms with Gasteiger partial charge in [0.05, 0.1) is 6.04 Å². The maximum Gasteiger partial charge on any atom is 0.252 e. The molecule has 2 nitrogen and oxygen atoms in total. The van der Waals surface area contributed by atoms with E-state index in [4.69, 9.17) is 0 Å². The highest BCUT2D eigenvalue weighted by Gasteiger charge is 2.14. The van der Waals surface area contributed by atoms with Crippen LogP contribution in [0, 0.1) is 13.8 Å². The molecular weight excluding hydrogens is 314 g/mol. The Labute approximate surface area is 128 Å². The lowest BCUT2D eigenvalue weighted by molar-refractivity contribution is 0.0939. The maximum absolute atomic E-state index is 12.3. The van der Waals surface area contributed by atoms with E-state index in [2.05, 4.69) is 21.2 Å². The Bertz CT molecular complexity index is 637. The van der Waals surface area contributed by atoms with Crippen LogP contribution < -0.4 is 5.32 Å². The molecule has 2 aromatic rings. The van der Waals surface area contributed by atoms with E-state index in [9.17, 15) is 4.79 Å². The molecule has 1 amide bonds. The molecule has 20 heavy (non-hydrogen) atoms. The van der Waals surface area contributed by atoms with E-state index in [-0.39, 0.29) is 11.9 Å². The van der Waals surface area contributed by atoms with Crippen molar-refractivity contribution in [1.29, 1.82) is 0 Å². The van der Waals surface area contributed by atoms with Crippen LogP contribution in [0.3, 0.4) is 0 Å². The third-order valence-electron chi connectivity index (χ3n) is 3.35. The highest BCUT2D eigenvalue weighted by Crippen LogP contribution is 2.23. The highest BCUT2D eigenvalue weighted by atomic mass is 79.9. The summed E-state index contributed by atoms with van der Waals surface area (Å²) < 4.78 is 1.01. The number of aryl methyl sites for hydroxylation is 2. The van der Waals surface area contributed by atoms with Crippen LogP contribution in [0.15, 0.2) is 46.9 Å². The van der Waals surface area contributed by atoms with Gasteiger partial charge < -0.3 is 5.32 Å². The first-order valence-corrected chi connectivity index (χ1v) is 7.41. The molecule has 2 rings (SSSR count). The minimum absolute atomic E-state index is 0.0363. The number of nitrogens with one attached hydrogen (secondary N) is 1. The average Bonchev–Trinajstić information content (AvgIpc) is 2.38. The second kappa shape index (κ2) is 6.23. The highest BCUT2D eigenvalue weighted by molar-refractivity contribution is 9.10.